The van der Waals surface area contributed by atoms with E-state index in [1.807, 2.05) is 0 Å². The zero-order valence-corrected chi connectivity index (χ0v) is 16.2. The molecule has 0 unspecified atom stereocenters. The highest BCUT2D eigenvalue weighted by molar-refractivity contribution is 5.98. The Morgan fingerprint density at radius 2 is 1.68 bits per heavy atom. The minimum atomic E-state index is -4.64. The number of carbonyl (C=O) groups is 3. The maximum absolute atomic E-state index is 12.9. The monoisotopic (exact) mass is 437 g/mol. The van der Waals surface area contributed by atoms with Gasteiger partial charge < -0.3 is 19.5 Å². The van der Waals surface area contributed by atoms with Crippen molar-refractivity contribution in [3.05, 3.63) is 53.6 Å². The molecule has 0 radical (unpaired) electrons. The zero-order chi connectivity index (χ0) is 22.4. The molecule has 1 N–H and O–H groups in total. The van der Waals surface area contributed by atoms with Crippen molar-refractivity contribution in [3.8, 4) is 11.5 Å². The maximum atomic E-state index is 12.9. The number of anilines is 1. The number of rotatable bonds is 7. The summed E-state index contributed by atoms with van der Waals surface area (Å²) < 4.78 is 54.3. The number of carbonyl (C=O) groups excluding carboxylic acids is 3. The first kappa shape index (κ1) is 22.1. The second kappa shape index (κ2) is 9.50. The van der Waals surface area contributed by atoms with Gasteiger partial charge >= 0.3 is 12.1 Å². The summed E-state index contributed by atoms with van der Waals surface area (Å²) in [5.74, 6) is -1.12. The van der Waals surface area contributed by atoms with Gasteiger partial charge in [-0.1, -0.05) is 12.1 Å². The second-order valence-corrected chi connectivity index (χ2v) is 6.53. The summed E-state index contributed by atoms with van der Waals surface area (Å²) >= 11 is 0. The molecular formula is C21H18F3NO6. The van der Waals surface area contributed by atoms with Crippen molar-refractivity contribution in [3.63, 3.8) is 0 Å². The van der Waals surface area contributed by atoms with E-state index < -0.39 is 35.9 Å². The highest BCUT2D eigenvalue weighted by Crippen LogP contribution is 2.34. The number of hydrogen-bond donors (Lipinski definition) is 1. The van der Waals surface area contributed by atoms with Gasteiger partial charge in [-0.15, -0.1) is 0 Å². The number of benzene rings is 2. The minimum Gasteiger partial charge on any atom is -0.486 e. The summed E-state index contributed by atoms with van der Waals surface area (Å²) in [4.78, 5) is 35.9. The predicted molar refractivity (Wildman–Crippen MR) is 102 cm³/mol. The van der Waals surface area contributed by atoms with Gasteiger partial charge in [-0.2, -0.15) is 13.2 Å². The number of ether oxygens (including phenoxy) is 3. The van der Waals surface area contributed by atoms with E-state index in [2.05, 4.69) is 5.32 Å². The SMILES string of the molecule is O=C(COC(=O)CCC(=O)c1ccc2c(c1)OCCO2)Nc1ccccc1C(F)(F)F. The molecule has 1 aliphatic heterocycles. The van der Waals surface area contributed by atoms with E-state index >= 15 is 0 Å². The molecule has 31 heavy (non-hydrogen) atoms. The molecule has 0 atom stereocenters. The first-order valence-electron chi connectivity index (χ1n) is 9.28. The summed E-state index contributed by atoms with van der Waals surface area (Å²) in [5, 5.41) is 2.06. The van der Waals surface area contributed by atoms with Crippen LogP contribution in [0.1, 0.15) is 28.8 Å². The van der Waals surface area contributed by atoms with Crippen LogP contribution in [0, 0.1) is 0 Å². The number of halogens is 3. The molecule has 10 heteroatoms. The Hall–Kier alpha value is -3.56. The Balaban J connectivity index is 1.46. The van der Waals surface area contributed by atoms with Crippen LogP contribution in [0.5, 0.6) is 11.5 Å². The molecule has 1 amide bonds. The molecule has 0 saturated heterocycles. The van der Waals surface area contributed by atoms with Crippen molar-refractivity contribution in [1.29, 1.82) is 0 Å². The number of amides is 1. The van der Waals surface area contributed by atoms with Crippen LogP contribution in [0.25, 0.3) is 0 Å². The largest absolute Gasteiger partial charge is 0.486 e. The van der Waals surface area contributed by atoms with Gasteiger partial charge in [0.1, 0.15) is 13.2 Å². The number of para-hydroxylation sites is 1. The van der Waals surface area contributed by atoms with Crippen LogP contribution in [0.3, 0.4) is 0 Å². The number of hydrogen-bond acceptors (Lipinski definition) is 6. The molecule has 2 aromatic carbocycles. The van der Waals surface area contributed by atoms with Gasteiger partial charge in [0.2, 0.25) is 0 Å². The predicted octanol–water partition coefficient (Wildman–Crippen LogP) is 3.62. The fourth-order valence-corrected chi connectivity index (χ4v) is 2.82. The average molecular weight is 437 g/mol. The van der Waals surface area contributed by atoms with Gasteiger partial charge in [0.15, 0.2) is 23.9 Å². The molecule has 0 aliphatic carbocycles. The standard InChI is InChI=1S/C21H18F3NO6/c22-21(23,24)14-3-1-2-4-15(14)25-19(27)12-31-20(28)8-6-16(26)13-5-7-17-18(11-13)30-10-9-29-17/h1-5,7,11H,6,8-10,12H2,(H,25,27). The van der Waals surface area contributed by atoms with Gasteiger partial charge in [0, 0.05) is 12.0 Å². The van der Waals surface area contributed by atoms with Crippen LogP contribution in [0.2, 0.25) is 0 Å². The first-order chi connectivity index (χ1) is 14.7. The number of Topliss-reactive ketones (excluding diaryl/α,β-unsaturated/α-hetero) is 1. The summed E-state index contributed by atoms with van der Waals surface area (Å²) in [6.45, 7) is 0.0111. The van der Waals surface area contributed by atoms with Crippen LogP contribution in [-0.2, 0) is 20.5 Å². The molecule has 0 spiro atoms. The van der Waals surface area contributed by atoms with Crippen molar-refractivity contribution < 1.29 is 41.8 Å². The molecule has 1 heterocycles. The number of esters is 1. The van der Waals surface area contributed by atoms with Crippen molar-refractivity contribution in [2.45, 2.75) is 19.0 Å². The number of fused-ring (bicyclic) bond motifs is 1. The van der Waals surface area contributed by atoms with Crippen molar-refractivity contribution in [2.24, 2.45) is 0 Å². The second-order valence-electron chi connectivity index (χ2n) is 6.53. The normalized spacial score (nSPS) is 12.7. The van der Waals surface area contributed by atoms with E-state index in [0.29, 0.717) is 30.3 Å². The van der Waals surface area contributed by atoms with Crippen LogP contribution in [0.15, 0.2) is 42.5 Å². The lowest BCUT2D eigenvalue weighted by atomic mass is 10.1. The van der Waals surface area contributed by atoms with Crippen LogP contribution < -0.4 is 14.8 Å². The van der Waals surface area contributed by atoms with Crippen molar-refractivity contribution >= 4 is 23.3 Å². The summed E-state index contributed by atoms with van der Waals surface area (Å²) in [5.41, 5.74) is -1.12. The molecule has 2 aromatic rings. The topological polar surface area (TPSA) is 90.9 Å². The zero-order valence-electron chi connectivity index (χ0n) is 16.2. The molecule has 0 saturated carbocycles. The van der Waals surface area contributed by atoms with E-state index in [0.717, 1.165) is 12.1 Å². The van der Waals surface area contributed by atoms with E-state index in [-0.39, 0.29) is 18.6 Å². The third-order valence-electron chi connectivity index (χ3n) is 4.29. The molecular weight excluding hydrogens is 419 g/mol. The number of ketones is 1. The fraction of sp³-hybridized carbons (Fsp3) is 0.286. The lowest BCUT2D eigenvalue weighted by Crippen LogP contribution is -2.23. The molecule has 1 aliphatic rings. The molecule has 0 fully saturated rings. The van der Waals surface area contributed by atoms with E-state index in [4.69, 9.17) is 14.2 Å². The van der Waals surface area contributed by atoms with Crippen LogP contribution >= 0.6 is 0 Å². The third kappa shape index (κ3) is 5.97. The van der Waals surface area contributed by atoms with Crippen LogP contribution in [0.4, 0.5) is 18.9 Å². The lowest BCUT2D eigenvalue weighted by molar-refractivity contribution is -0.147. The molecule has 0 aromatic heterocycles. The van der Waals surface area contributed by atoms with Gasteiger partial charge in [-0.3, -0.25) is 14.4 Å². The Morgan fingerprint density at radius 1 is 0.968 bits per heavy atom. The lowest BCUT2D eigenvalue weighted by Gasteiger charge is -2.18. The van der Waals surface area contributed by atoms with Crippen LogP contribution in [-0.4, -0.2) is 37.5 Å². The number of nitrogens with one attached hydrogen (secondary N) is 1. The van der Waals surface area contributed by atoms with E-state index in [1.165, 1.54) is 18.2 Å². The maximum Gasteiger partial charge on any atom is 0.418 e. The Labute approximate surface area is 175 Å². The van der Waals surface area contributed by atoms with E-state index in [9.17, 15) is 27.6 Å². The Morgan fingerprint density at radius 3 is 2.42 bits per heavy atom. The highest BCUT2D eigenvalue weighted by Gasteiger charge is 2.33. The van der Waals surface area contributed by atoms with Gasteiger partial charge in [-0.25, -0.2) is 0 Å². The first-order valence-corrected chi connectivity index (χ1v) is 9.28. The minimum absolute atomic E-state index is 0.170. The van der Waals surface area contributed by atoms with Gasteiger partial charge in [0.25, 0.3) is 5.91 Å². The molecule has 0 bridgehead atoms. The average Bonchev–Trinajstić information content (AvgIpc) is 2.75. The molecule has 7 nitrogen and oxygen atoms in total. The quantitative estimate of drug-likeness (QED) is 0.526. The van der Waals surface area contributed by atoms with Gasteiger partial charge in [0.05, 0.1) is 17.7 Å². The number of alkyl halides is 3. The van der Waals surface area contributed by atoms with Gasteiger partial charge in [-0.05, 0) is 30.3 Å². The summed E-state index contributed by atoms with van der Waals surface area (Å²) in [7, 11) is 0. The molecule has 164 valence electrons. The molecule has 3 rings (SSSR count). The summed E-state index contributed by atoms with van der Waals surface area (Å²) in [6.07, 6.45) is -5.11. The van der Waals surface area contributed by atoms with Crippen molar-refractivity contribution in [2.75, 3.05) is 25.1 Å². The fourth-order valence-electron chi connectivity index (χ4n) is 2.82. The summed E-state index contributed by atoms with van der Waals surface area (Å²) in [6, 6.07) is 9.11. The van der Waals surface area contributed by atoms with Crippen molar-refractivity contribution in [1.82, 2.24) is 0 Å². The van der Waals surface area contributed by atoms with E-state index in [1.54, 1.807) is 12.1 Å². The smallest absolute Gasteiger partial charge is 0.418 e. The third-order valence-corrected chi connectivity index (χ3v) is 4.29. The highest BCUT2D eigenvalue weighted by atomic mass is 19.4. The Kier molecular flexibility index (Phi) is 6.78. The Bertz CT molecular complexity index is 989.